The van der Waals surface area contributed by atoms with Crippen molar-refractivity contribution < 1.29 is 58.5 Å². The lowest BCUT2D eigenvalue weighted by atomic mass is 9.44. The first-order valence-electron chi connectivity index (χ1n) is 13.1. The number of cyclic esters (lactones) is 1. The molecule has 216 valence electrons. The number of aliphatic hydroxyl groups is 5. The molecule has 8 unspecified atom stereocenters. The van der Waals surface area contributed by atoms with Gasteiger partial charge in [-0.2, -0.15) is 0 Å². The number of carbonyl (C=O) groups is 2. The summed E-state index contributed by atoms with van der Waals surface area (Å²) in [7, 11) is 1.23. The molecule has 2 aliphatic heterocycles. The summed E-state index contributed by atoms with van der Waals surface area (Å²) in [4.78, 5) is 26.6. The van der Waals surface area contributed by atoms with Crippen LogP contribution in [0.2, 0.25) is 0 Å². The fraction of sp³-hybridized carbons (Fsp3) is 0.704. The molecule has 12 atom stereocenters. The second-order valence-corrected chi connectivity index (χ2v) is 11.5. The number of methoxy groups -OCH3 is 1. The van der Waals surface area contributed by atoms with Crippen molar-refractivity contribution in [1.82, 2.24) is 0 Å². The highest BCUT2D eigenvalue weighted by Gasteiger charge is 2.66. The number of furan rings is 1. The number of aliphatic hydroxyl groups excluding tert-OH is 5. The SMILES string of the molecule is COC(=O)C1=CC(O)C[C@H]2[C@]3(C)CC(c4ccoc4)OC(=O)[C@@H]3CC(OC3OC(CO)C(O)C(O)C3O)[C@@]12C. The van der Waals surface area contributed by atoms with Gasteiger partial charge in [-0.15, -0.1) is 0 Å². The van der Waals surface area contributed by atoms with E-state index < -0.39 is 90.2 Å². The van der Waals surface area contributed by atoms with Gasteiger partial charge in [0.1, 0.15) is 30.5 Å². The van der Waals surface area contributed by atoms with Gasteiger partial charge in [0, 0.05) is 16.6 Å². The third kappa shape index (κ3) is 4.42. The van der Waals surface area contributed by atoms with Crippen molar-refractivity contribution >= 4 is 11.9 Å². The van der Waals surface area contributed by atoms with E-state index in [1.54, 1.807) is 13.0 Å². The lowest BCUT2D eigenvalue weighted by Crippen LogP contribution is -2.65. The first-order valence-corrected chi connectivity index (χ1v) is 13.1. The molecule has 3 fully saturated rings. The average molecular weight is 553 g/mol. The molecule has 39 heavy (non-hydrogen) atoms. The number of ether oxygens (including phenoxy) is 4. The van der Waals surface area contributed by atoms with E-state index in [1.807, 2.05) is 6.92 Å². The maximum atomic E-state index is 13.5. The lowest BCUT2D eigenvalue weighted by Gasteiger charge is -2.62. The fourth-order valence-electron chi connectivity index (χ4n) is 7.33. The van der Waals surface area contributed by atoms with Crippen LogP contribution in [0.3, 0.4) is 0 Å². The first-order chi connectivity index (χ1) is 18.4. The number of hydrogen-bond donors (Lipinski definition) is 5. The largest absolute Gasteiger partial charge is 0.472 e. The van der Waals surface area contributed by atoms with Gasteiger partial charge in [-0.25, -0.2) is 4.79 Å². The van der Waals surface area contributed by atoms with Gasteiger partial charge >= 0.3 is 11.9 Å². The summed E-state index contributed by atoms with van der Waals surface area (Å²) in [5.41, 5.74) is -1.02. The Kier molecular flexibility index (Phi) is 7.42. The van der Waals surface area contributed by atoms with E-state index in [-0.39, 0.29) is 18.4 Å². The van der Waals surface area contributed by atoms with Gasteiger partial charge in [0.2, 0.25) is 0 Å². The molecule has 3 heterocycles. The van der Waals surface area contributed by atoms with E-state index in [0.717, 1.165) is 0 Å². The van der Waals surface area contributed by atoms with Crippen molar-refractivity contribution in [3.63, 3.8) is 0 Å². The van der Waals surface area contributed by atoms with Crippen molar-refractivity contribution in [1.29, 1.82) is 0 Å². The highest BCUT2D eigenvalue weighted by atomic mass is 16.7. The minimum atomic E-state index is -1.68. The number of fused-ring (bicyclic) bond motifs is 3. The molecule has 2 aliphatic carbocycles. The summed E-state index contributed by atoms with van der Waals surface area (Å²) in [5.74, 6) is -2.33. The van der Waals surface area contributed by atoms with Gasteiger partial charge in [-0.1, -0.05) is 13.8 Å². The Morgan fingerprint density at radius 2 is 1.87 bits per heavy atom. The summed E-state index contributed by atoms with van der Waals surface area (Å²) >= 11 is 0. The molecule has 12 nitrogen and oxygen atoms in total. The van der Waals surface area contributed by atoms with Crippen molar-refractivity contribution in [3.05, 3.63) is 35.8 Å². The Hall–Kier alpha value is -2.32. The second kappa shape index (κ2) is 10.3. The zero-order chi connectivity index (χ0) is 28.3. The minimum Gasteiger partial charge on any atom is -0.472 e. The smallest absolute Gasteiger partial charge is 0.334 e. The van der Waals surface area contributed by atoms with Gasteiger partial charge in [0.05, 0.1) is 44.4 Å². The van der Waals surface area contributed by atoms with Crippen molar-refractivity contribution in [2.24, 2.45) is 22.7 Å². The van der Waals surface area contributed by atoms with Crippen LogP contribution in [0.4, 0.5) is 0 Å². The van der Waals surface area contributed by atoms with E-state index >= 15 is 0 Å². The third-order valence-electron chi connectivity index (χ3n) is 9.49. The van der Waals surface area contributed by atoms with Crippen LogP contribution >= 0.6 is 0 Å². The monoisotopic (exact) mass is 552 g/mol. The van der Waals surface area contributed by atoms with E-state index in [9.17, 15) is 35.1 Å². The Morgan fingerprint density at radius 1 is 1.13 bits per heavy atom. The molecule has 1 aromatic rings. The quantitative estimate of drug-likeness (QED) is 0.308. The molecule has 0 amide bonds. The van der Waals surface area contributed by atoms with Crippen molar-refractivity contribution in [3.8, 4) is 0 Å². The minimum absolute atomic E-state index is 0.0693. The molecule has 0 radical (unpaired) electrons. The first kappa shape index (κ1) is 28.2. The van der Waals surface area contributed by atoms with Crippen LogP contribution in [0.5, 0.6) is 0 Å². The highest BCUT2D eigenvalue weighted by molar-refractivity contribution is 5.91. The predicted octanol–water partition coefficient (Wildman–Crippen LogP) is -0.0346. The highest BCUT2D eigenvalue weighted by Crippen LogP contribution is 2.65. The predicted molar refractivity (Wildman–Crippen MR) is 129 cm³/mol. The van der Waals surface area contributed by atoms with Gasteiger partial charge < -0.3 is 48.9 Å². The van der Waals surface area contributed by atoms with Crippen LogP contribution in [-0.2, 0) is 28.5 Å². The maximum Gasteiger partial charge on any atom is 0.334 e. The molecular formula is C27H36O12. The van der Waals surface area contributed by atoms with Crippen LogP contribution in [0, 0.1) is 22.7 Å². The van der Waals surface area contributed by atoms with Gasteiger partial charge in [0.25, 0.3) is 0 Å². The van der Waals surface area contributed by atoms with Crippen LogP contribution in [0.1, 0.15) is 44.8 Å². The molecule has 5 rings (SSSR count). The van der Waals surface area contributed by atoms with E-state index in [4.69, 9.17) is 23.4 Å². The summed E-state index contributed by atoms with van der Waals surface area (Å²) in [6, 6.07) is 1.73. The standard InChI is InChI=1S/C27H36O12/c1-26-9-16(12-4-5-36-11-12)37-24(34)14(26)8-19(39-25-22(32)21(31)20(30)17(10-28)38-25)27(2)15(23(33)35-3)6-13(29)7-18(26)27/h4-6,11,13-14,16-22,25,28-32H,7-10H2,1-3H3/t13?,14-,16?,17?,18-,19?,20?,21?,22?,25?,26+,27-/m0/s1. The average Bonchev–Trinajstić information content (AvgIpc) is 3.45. The summed E-state index contributed by atoms with van der Waals surface area (Å²) in [5, 5.41) is 51.7. The van der Waals surface area contributed by atoms with Crippen molar-refractivity contribution in [2.45, 2.75) is 82.1 Å². The van der Waals surface area contributed by atoms with E-state index in [0.29, 0.717) is 12.0 Å². The topological polar surface area (TPSA) is 185 Å². The Labute approximate surface area is 225 Å². The molecule has 0 aromatic carbocycles. The molecule has 5 N–H and O–H groups in total. The van der Waals surface area contributed by atoms with Crippen LogP contribution < -0.4 is 0 Å². The molecule has 1 saturated carbocycles. The summed E-state index contributed by atoms with van der Waals surface area (Å²) in [6.07, 6.45) is -5.02. The van der Waals surface area contributed by atoms with Crippen LogP contribution in [0.25, 0.3) is 0 Å². The molecule has 4 aliphatic rings. The molecule has 1 aromatic heterocycles. The fourth-order valence-corrected chi connectivity index (χ4v) is 7.33. The van der Waals surface area contributed by atoms with Gasteiger partial charge in [0.15, 0.2) is 6.29 Å². The maximum absolute atomic E-state index is 13.5. The second-order valence-electron chi connectivity index (χ2n) is 11.5. The summed E-state index contributed by atoms with van der Waals surface area (Å²) in [6.45, 7) is 3.11. The van der Waals surface area contributed by atoms with Gasteiger partial charge in [-0.3, -0.25) is 4.79 Å². The lowest BCUT2D eigenvalue weighted by molar-refractivity contribution is -0.329. The number of carbonyl (C=O) groups excluding carboxylic acids is 2. The van der Waals surface area contributed by atoms with Gasteiger partial charge in [-0.05, 0) is 42.7 Å². The van der Waals surface area contributed by atoms with Crippen LogP contribution in [-0.4, -0.2) is 94.1 Å². The van der Waals surface area contributed by atoms with Crippen molar-refractivity contribution in [2.75, 3.05) is 13.7 Å². The Bertz CT molecular complexity index is 1100. The molecular weight excluding hydrogens is 516 g/mol. The zero-order valence-corrected chi connectivity index (χ0v) is 22.0. The van der Waals surface area contributed by atoms with Crippen LogP contribution in [0.15, 0.2) is 34.7 Å². The van der Waals surface area contributed by atoms with E-state index in [1.165, 1.54) is 25.7 Å². The Morgan fingerprint density at radius 3 is 2.51 bits per heavy atom. The normalized spacial score (nSPS) is 45.9. The summed E-state index contributed by atoms with van der Waals surface area (Å²) < 4.78 is 28.0. The molecule has 12 heteroatoms. The molecule has 0 spiro atoms. The number of esters is 2. The zero-order valence-electron chi connectivity index (χ0n) is 22.0. The number of rotatable bonds is 5. The Balaban J connectivity index is 1.56. The molecule has 0 bridgehead atoms. The third-order valence-corrected chi connectivity index (χ3v) is 9.49. The van der Waals surface area contributed by atoms with E-state index in [2.05, 4.69) is 0 Å². The molecule has 2 saturated heterocycles. The number of hydrogen-bond acceptors (Lipinski definition) is 12.